The molecule has 14 heavy (non-hydrogen) atoms. The summed E-state index contributed by atoms with van der Waals surface area (Å²) in [5.41, 5.74) is 0.645. The first-order valence-electron chi connectivity index (χ1n) is 4.19. The van der Waals surface area contributed by atoms with Crippen LogP contribution in [0.25, 0.3) is 0 Å². The van der Waals surface area contributed by atoms with Crippen LogP contribution < -0.4 is 5.46 Å². The minimum atomic E-state index is -1.67. The minimum Gasteiger partial charge on any atom is -0.423 e. The van der Waals surface area contributed by atoms with E-state index in [1.54, 1.807) is 6.92 Å². The topological polar surface area (TPSA) is 83.6 Å². The molecule has 1 rings (SSSR count). The number of rotatable bonds is 3. The third-order valence-corrected chi connectivity index (χ3v) is 1.99. The van der Waals surface area contributed by atoms with Gasteiger partial charge in [0, 0.05) is 11.6 Å². The summed E-state index contributed by atoms with van der Waals surface area (Å²) in [4.78, 5) is 10.1. The second-order valence-electron chi connectivity index (χ2n) is 2.87. The Morgan fingerprint density at radius 2 is 2.14 bits per heavy atom. The van der Waals surface area contributed by atoms with Gasteiger partial charge in [-0.1, -0.05) is 19.1 Å². The van der Waals surface area contributed by atoms with E-state index in [1.165, 1.54) is 18.2 Å². The molecule has 5 nitrogen and oxygen atoms in total. The summed E-state index contributed by atoms with van der Waals surface area (Å²) in [6.07, 6.45) is 0.540. The number of nitro groups is 1. The lowest BCUT2D eigenvalue weighted by atomic mass is 9.79. The summed E-state index contributed by atoms with van der Waals surface area (Å²) in [7, 11) is -1.67. The number of aryl methyl sites for hydroxylation is 1. The average Bonchev–Trinajstić information content (AvgIpc) is 2.16. The van der Waals surface area contributed by atoms with Gasteiger partial charge in [0.1, 0.15) is 0 Å². The molecule has 0 aliphatic carbocycles. The van der Waals surface area contributed by atoms with E-state index in [4.69, 9.17) is 10.0 Å². The Balaban J connectivity index is 3.21. The van der Waals surface area contributed by atoms with E-state index in [0.29, 0.717) is 12.0 Å². The van der Waals surface area contributed by atoms with E-state index in [-0.39, 0.29) is 11.2 Å². The number of nitrogens with zero attached hydrogens (tertiary/aromatic N) is 1. The summed E-state index contributed by atoms with van der Waals surface area (Å²) in [6, 6.07) is 4.19. The highest BCUT2D eigenvalue weighted by Crippen LogP contribution is 2.16. The van der Waals surface area contributed by atoms with Crippen LogP contribution >= 0.6 is 0 Å². The molecule has 0 bridgehead atoms. The SMILES string of the molecule is CCc1ccc(B(O)O)cc1[N+](=O)[O-]. The van der Waals surface area contributed by atoms with Gasteiger partial charge in [-0.3, -0.25) is 10.1 Å². The van der Waals surface area contributed by atoms with Crippen LogP contribution in [0.4, 0.5) is 5.69 Å². The van der Waals surface area contributed by atoms with Crippen LogP contribution in [0.5, 0.6) is 0 Å². The smallest absolute Gasteiger partial charge is 0.423 e. The van der Waals surface area contributed by atoms with Crippen molar-refractivity contribution < 1.29 is 15.0 Å². The molecule has 0 amide bonds. The quantitative estimate of drug-likeness (QED) is 0.398. The highest BCUT2D eigenvalue weighted by atomic mass is 16.6. The molecule has 1 aromatic carbocycles. The van der Waals surface area contributed by atoms with Gasteiger partial charge in [0.2, 0.25) is 0 Å². The van der Waals surface area contributed by atoms with Gasteiger partial charge in [0.25, 0.3) is 5.69 Å². The van der Waals surface area contributed by atoms with E-state index in [2.05, 4.69) is 0 Å². The van der Waals surface area contributed by atoms with Crippen molar-refractivity contribution in [2.45, 2.75) is 13.3 Å². The van der Waals surface area contributed by atoms with Gasteiger partial charge >= 0.3 is 7.12 Å². The Hall–Kier alpha value is -1.40. The van der Waals surface area contributed by atoms with E-state index < -0.39 is 12.0 Å². The second kappa shape index (κ2) is 4.21. The highest BCUT2D eigenvalue weighted by Gasteiger charge is 2.18. The largest absolute Gasteiger partial charge is 0.488 e. The van der Waals surface area contributed by atoms with Gasteiger partial charge in [0.05, 0.1) is 4.92 Å². The van der Waals surface area contributed by atoms with E-state index >= 15 is 0 Å². The maximum atomic E-state index is 10.6. The van der Waals surface area contributed by atoms with Gasteiger partial charge < -0.3 is 10.0 Å². The summed E-state index contributed by atoms with van der Waals surface area (Å²) in [5, 5.41) is 28.3. The van der Waals surface area contributed by atoms with Crippen LogP contribution in [-0.2, 0) is 6.42 Å². The first-order chi connectivity index (χ1) is 6.56. The number of hydrogen-bond donors (Lipinski definition) is 2. The van der Waals surface area contributed by atoms with Gasteiger partial charge in [-0.15, -0.1) is 0 Å². The van der Waals surface area contributed by atoms with Crippen LogP contribution in [0.3, 0.4) is 0 Å². The van der Waals surface area contributed by atoms with Crippen LogP contribution in [0.1, 0.15) is 12.5 Å². The normalized spacial score (nSPS) is 9.93. The molecule has 0 saturated heterocycles. The Bertz CT molecular complexity index is 353. The van der Waals surface area contributed by atoms with Gasteiger partial charge in [0.15, 0.2) is 0 Å². The summed E-state index contributed by atoms with van der Waals surface area (Å²) in [6.45, 7) is 1.80. The zero-order valence-corrected chi connectivity index (χ0v) is 7.67. The monoisotopic (exact) mass is 195 g/mol. The number of benzene rings is 1. The molecule has 2 N–H and O–H groups in total. The van der Waals surface area contributed by atoms with Crippen molar-refractivity contribution in [3.8, 4) is 0 Å². The predicted octanol–water partition coefficient (Wildman–Crippen LogP) is -0.163. The van der Waals surface area contributed by atoms with Crippen molar-refractivity contribution in [1.29, 1.82) is 0 Å². The maximum absolute atomic E-state index is 10.6. The number of nitro benzene ring substituents is 1. The first-order valence-corrected chi connectivity index (χ1v) is 4.19. The van der Waals surface area contributed by atoms with Crippen molar-refractivity contribution in [3.63, 3.8) is 0 Å². The maximum Gasteiger partial charge on any atom is 0.488 e. The molecule has 0 spiro atoms. The molecule has 0 saturated carbocycles. The second-order valence-corrected chi connectivity index (χ2v) is 2.87. The molecule has 0 aliphatic heterocycles. The van der Waals surface area contributed by atoms with Gasteiger partial charge in [-0.25, -0.2) is 0 Å². The van der Waals surface area contributed by atoms with Crippen LogP contribution in [0, 0.1) is 10.1 Å². The molecular formula is C8H10BNO4. The lowest BCUT2D eigenvalue weighted by molar-refractivity contribution is -0.385. The van der Waals surface area contributed by atoms with Crippen LogP contribution in [0.2, 0.25) is 0 Å². The molecular weight excluding hydrogens is 185 g/mol. The Morgan fingerprint density at radius 3 is 2.57 bits per heavy atom. The Labute approximate surface area is 81.3 Å². The Morgan fingerprint density at radius 1 is 1.50 bits per heavy atom. The average molecular weight is 195 g/mol. The summed E-state index contributed by atoms with van der Waals surface area (Å²) < 4.78 is 0. The zero-order valence-electron chi connectivity index (χ0n) is 7.67. The van der Waals surface area contributed by atoms with Gasteiger partial charge in [-0.2, -0.15) is 0 Å². The lowest BCUT2D eigenvalue weighted by Gasteiger charge is -2.02. The van der Waals surface area contributed by atoms with Crippen molar-refractivity contribution in [3.05, 3.63) is 33.9 Å². The van der Waals surface area contributed by atoms with Gasteiger partial charge in [-0.05, 0) is 11.9 Å². The molecule has 0 radical (unpaired) electrons. The van der Waals surface area contributed by atoms with Crippen molar-refractivity contribution >= 4 is 18.3 Å². The zero-order chi connectivity index (χ0) is 10.7. The lowest BCUT2D eigenvalue weighted by Crippen LogP contribution is -2.30. The highest BCUT2D eigenvalue weighted by molar-refractivity contribution is 6.58. The summed E-state index contributed by atoms with van der Waals surface area (Å²) in [5.74, 6) is 0. The third-order valence-electron chi connectivity index (χ3n) is 1.99. The van der Waals surface area contributed by atoms with E-state index in [0.717, 1.165) is 0 Å². The van der Waals surface area contributed by atoms with Crippen molar-refractivity contribution in [1.82, 2.24) is 0 Å². The van der Waals surface area contributed by atoms with E-state index in [1.807, 2.05) is 0 Å². The fourth-order valence-corrected chi connectivity index (χ4v) is 1.21. The third kappa shape index (κ3) is 2.10. The molecule has 74 valence electrons. The van der Waals surface area contributed by atoms with E-state index in [9.17, 15) is 10.1 Å². The Kier molecular flexibility index (Phi) is 3.21. The molecule has 0 heterocycles. The molecule has 6 heteroatoms. The van der Waals surface area contributed by atoms with Crippen LogP contribution in [0.15, 0.2) is 18.2 Å². The standard InChI is InChI=1S/C8H10BNO4/c1-2-6-3-4-7(9(11)12)5-8(6)10(13)14/h3-5,11-12H,2H2,1H3. The summed E-state index contributed by atoms with van der Waals surface area (Å²) >= 11 is 0. The van der Waals surface area contributed by atoms with Crippen molar-refractivity contribution in [2.24, 2.45) is 0 Å². The first kappa shape index (κ1) is 10.7. The molecule has 0 aliphatic rings. The number of hydrogen-bond acceptors (Lipinski definition) is 4. The molecule has 1 aromatic rings. The predicted molar refractivity (Wildman–Crippen MR) is 52.3 cm³/mol. The molecule has 0 unspecified atom stereocenters. The molecule has 0 fully saturated rings. The van der Waals surface area contributed by atoms with Crippen LogP contribution in [-0.4, -0.2) is 22.1 Å². The fraction of sp³-hybridized carbons (Fsp3) is 0.250. The fourth-order valence-electron chi connectivity index (χ4n) is 1.21. The molecule has 0 atom stereocenters. The van der Waals surface area contributed by atoms with Crippen molar-refractivity contribution in [2.75, 3.05) is 0 Å². The molecule has 0 aromatic heterocycles. The minimum absolute atomic E-state index is 0.0712.